The molecule has 0 unspecified atom stereocenters. The van der Waals surface area contributed by atoms with Crippen molar-refractivity contribution in [3.63, 3.8) is 0 Å². The second-order valence-corrected chi connectivity index (χ2v) is 8.35. The summed E-state index contributed by atoms with van der Waals surface area (Å²) >= 11 is 0. The predicted octanol–water partition coefficient (Wildman–Crippen LogP) is 3.79. The monoisotopic (exact) mass is 302 g/mol. The fourth-order valence-electron chi connectivity index (χ4n) is 2.30. The van der Waals surface area contributed by atoms with E-state index < -0.39 is 9.04 Å². The Bertz CT molecular complexity index is 618. The van der Waals surface area contributed by atoms with E-state index >= 15 is 0 Å². The van der Waals surface area contributed by atoms with E-state index in [4.69, 9.17) is 4.43 Å². The van der Waals surface area contributed by atoms with Gasteiger partial charge in [-0.2, -0.15) is 0 Å². The van der Waals surface area contributed by atoms with Gasteiger partial charge in [-0.05, 0) is 48.5 Å². The summed E-state index contributed by atoms with van der Waals surface area (Å²) in [6.07, 6.45) is 0. The number of phenolic OH excluding ortho intramolecular Hbond substituents is 2. The van der Waals surface area contributed by atoms with Crippen LogP contribution in [0.25, 0.3) is 0 Å². The molecule has 0 aliphatic heterocycles. The fraction of sp³-hybridized carbons (Fsp3) is 0.294. The van der Waals surface area contributed by atoms with Crippen molar-refractivity contribution < 1.29 is 14.6 Å². The molecule has 2 aromatic rings. The van der Waals surface area contributed by atoms with Crippen molar-refractivity contribution in [1.29, 1.82) is 0 Å². The molecular formula is C17H22O3Si. The summed E-state index contributed by atoms with van der Waals surface area (Å²) in [5, 5.41) is 19.3. The number of aromatic hydroxyl groups is 2. The van der Waals surface area contributed by atoms with Crippen molar-refractivity contribution >= 4 is 9.04 Å². The lowest BCUT2D eigenvalue weighted by atomic mass is 9.78. The molecule has 3 nitrogen and oxygen atoms in total. The topological polar surface area (TPSA) is 49.7 Å². The first-order valence-corrected chi connectivity index (χ1v) is 9.88. The molecule has 0 heterocycles. The van der Waals surface area contributed by atoms with Crippen LogP contribution in [0.3, 0.4) is 0 Å². The van der Waals surface area contributed by atoms with Crippen molar-refractivity contribution in [1.82, 2.24) is 0 Å². The zero-order chi connectivity index (χ0) is 15.6. The van der Waals surface area contributed by atoms with Crippen molar-refractivity contribution in [3.05, 3.63) is 53.6 Å². The third-order valence-electron chi connectivity index (χ3n) is 3.63. The van der Waals surface area contributed by atoms with E-state index in [2.05, 4.69) is 26.9 Å². The Morgan fingerprint density at radius 2 is 1.48 bits per heavy atom. The Morgan fingerprint density at radius 3 is 2.05 bits per heavy atom. The SMILES string of the molecule is C[SiH](C)Oc1cc(C(C)(C)c2ccc(O)cc2)ccc1O. The van der Waals surface area contributed by atoms with Crippen molar-refractivity contribution in [2.45, 2.75) is 32.4 Å². The largest absolute Gasteiger partial charge is 0.544 e. The van der Waals surface area contributed by atoms with Crippen LogP contribution in [0.5, 0.6) is 17.2 Å². The van der Waals surface area contributed by atoms with E-state index in [1.807, 2.05) is 24.3 Å². The van der Waals surface area contributed by atoms with Gasteiger partial charge < -0.3 is 14.6 Å². The minimum Gasteiger partial charge on any atom is -0.544 e. The van der Waals surface area contributed by atoms with Gasteiger partial charge in [-0.3, -0.25) is 0 Å². The molecule has 2 aromatic carbocycles. The van der Waals surface area contributed by atoms with E-state index in [1.54, 1.807) is 18.2 Å². The third kappa shape index (κ3) is 3.39. The van der Waals surface area contributed by atoms with Crippen LogP contribution >= 0.6 is 0 Å². The minimum atomic E-state index is -1.27. The first kappa shape index (κ1) is 15.4. The Kier molecular flexibility index (Phi) is 4.28. The summed E-state index contributed by atoms with van der Waals surface area (Å²) < 4.78 is 5.78. The molecule has 0 aliphatic carbocycles. The standard InChI is InChI=1S/C17H22O3Si/c1-17(2,12-5-8-14(18)9-6-12)13-7-10-15(19)16(11-13)20-21(3)4/h5-11,18-19,21H,1-4H3. The Balaban J connectivity index is 2.42. The molecule has 0 spiro atoms. The van der Waals surface area contributed by atoms with Gasteiger partial charge in [-0.25, -0.2) is 0 Å². The van der Waals surface area contributed by atoms with Crippen molar-refractivity contribution in [3.8, 4) is 17.2 Å². The van der Waals surface area contributed by atoms with E-state index in [-0.39, 0.29) is 16.9 Å². The molecule has 2 rings (SSSR count). The van der Waals surface area contributed by atoms with Crippen molar-refractivity contribution in [2.75, 3.05) is 0 Å². The van der Waals surface area contributed by atoms with Gasteiger partial charge in [0.2, 0.25) is 9.04 Å². The lowest BCUT2D eigenvalue weighted by Crippen LogP contribution is -2.19. The number of phenols is 2. The normalized spacial score (nSPS) is 11.7. The first-order valence-electron chi connectivity index (χ1n) is 7.10. The van der Waals surface area contributed by atoms with Gasteiger partial charge in [-0.1, -0.05) is 32.0 Å². The van der Waals surface area contributed by atoms with Crippen LogP contribution in [0.1, 0.15) is 25.0 Å². The number of hydrogen-bond donors (Lipinski definition) is 2. The van der Waals surface area contributed by atoms with Gasteiger partial charge >= 0.3 is 0 Å². The van der Waals surface area contributed by atoms with Gasteiger partial charge in [0, 0.05) is 5.41 Å². The molecule has 0 fully saturated rings. The molecule has 4 heteroatoms. The number of hydrogen-bond acceptors (Lipinski definition) is 3. The predicted molar refractivity (Wildman–Crippen MR) is 87.8 cm³/mol. The van der Waals surface area contributed by atoms with Crippen LogP contribution in [-0.4, -0.2) is 19.3 Å². The van der Waals surface area contributed by atoms with Crippen LogP contribution in [0.2, 0.25) is 13.1 Å². The zero-order valence-electron chi connectivity index (χ0n) is 12.9. The molecule has 0 atom stereocenters. The second kappa shape index (κ2) is 5.82. The van der Waals surface area contributed by atoms with Gasteiger partial charge in [0.25, 0.3) is 0 Å². The third-order valence-corrected chi connectivity index (χ3v) is 4.36. The second-order valence-electron chi connectivity index (χ2n) is 6.02. The summed E-state index contributed by atoms with van der Waals surface area (Å²) in [7, 11) is -1.27. The minimum absolute atomic E-state index is 0.182. The highest BCUT2D eigenvalue weighted by molar-refractivity contribution is 6.49. The maximum absolute atomic E-state index is 9.92. The van der Waals surface area contributed by atoms with Gasteiger partial charge in [-0.15, -0.1) is 0 Å². The molecule has 0 amide bonds. The molecule has 0 bridgehead atoms. The maximum atomic E-state index is 9.92. The number of rotatable bonds is 4. The van der Waals surface area contributed by atoms with Crippen molar-refractivity contribution in [2.24, 2.45) is 0 Å². The van der Waals surface area contributed by atoms with Gasteiger partial charge in [0.15, 0.2) is 5.75 Å². The van der Waals surface area contributed by atoms with E-state index in [1.165, 1.54) is 0 Å². The average Bonchev–Trinajstić information content (AvgIpc) is 2.41. The lowest BCUT2D eigenvalue weighted by Gasteiger charge is -2.27. The molecule has 0 saturated heterocycles. The molecule has 21 heavy (non-hydrogen) atoms. The summed E-state index contributed by atoms with van der Waals surface area (Å²) in [4.78, 5) is 0. The molecule has 0 saturated carbocycles. The molecule has 2 N–H and O–H groups in total. The quantitative estimate of drug-likeness (QED) is 0.845. The Labute approximate surface area is 127 Å². The van der Waals surface area contributed by atoms with E-state index in [9.17, 15) is 10.2 Å². The molecular weight excluding hydrogens is 280 g/mol. The Hall–Kier alpha value is -1.94. The van der Waals surface area contributed by atoms with Crippen LogP contribution in [0.15, 0.2) is 42.5 Å². The van der Waals surface area contributed by atoms with Crippen LogP contribution in [-0.2, 0) is 5.41 Å². The summed E-state index contributed by atoms with van der Waals surface area (Å²) in [5.41, 5.74) is 1.92. The fourth-order valence-corrected chi connectivity index (χ4v) is 2.99. The van der Waals surface area contributed by atoms with Crippen LogP contribution in [0.4, 0.5) is 0 Å². The highest BCUT2D eigenvalue weighted by Gasteiger charge is 2.24. The lowest BCUT2D eigenvalue weighted by molar-refractivity contribution is 0.439. The van der Waals surface area contributed by atoms with Gasteiger partial charge in [0.05, 0.1) is 0 Å². The summed E-state index contributed by atoms with van der Waals surface area (Å²) in [6, 6.07) is 12.7. The summed E-state index contributed by atoms with van der Waals surface area (Å²) in [6.45, 7) is 8.36. The summed E-state index contributed by atoms with van der Waals surface area (Å²) in [5.74, 6) is 0.998. The Morgan fingerprint density at radius 1 is 0.905 bits per heavy atom. The average molecular weight is 302 g/mol. The van der Waals surface area contributed by atoms with Gasteiger partial charge in [0.1, 0.15) is 11.5 Å². The van der Waals surface area contributed by atoms with E-state index in [0.29, 0.717) is 5.75 Å². The first-order chi connectivity index (χ1) is 9.80. The van der Waals surface area contributed by atoms with Crippen LogP contribution < -0.4 is 4.43 Å². The molecule has 112 valence electrons. The molecule has 0 aliphatic rings. The van der Waals surface area contributed by atoms with Crippen LogP contribution in [0, 0.1) is 0 Å². The zero-order valence-corrected chi connectivity index (χ0v) is 14.1. The highest BCUT2D eigenvalue weighted by Crippen LogP contribution is 2.37. The smallest absolute Gasteiger partial charge is 0.229 e. The molecule has 0 radical (unpaired) electrons. The highest BCUT2D eigenvalue weighted by atomic mass is 28.3. The maximum Gasteiger partial charge on any atom is 0.229 e. The molecule has 0 aromatic heterocycles. The van der Waals surface area contributed by atoms with E-state index in [0.717, 1.165) is 11.1 Å². The number of benzene rings is 2.